The number of thiazole rings is 1. The van der Waals surface area contributed by atoms with Gasteiger partial charge in [0.1, 0.15) is 5.82 Å². The van der Waals surface area contributed by atoms with Crippen LogP contribution in [0.1, 0.15) is 10.6 Å². The van der Waals surface area contributed by atoms with Crippen molar-refractivity contribution in [2.75, 3.05) is 31.1 Å². The zero-order valence-electron chi connectivity index (χ0n) is 11.7. The summed E-state index contributed by atoms with van der Waals surface area (Å²) in [5, 5.41) is 6.52. The van der Waals surface area contributed by atoms with E-state index in [-0.39, 0.29) is 0 Å². The Morgan fingerprint density at radius 2 is 1.86 bits per heavy atom. The second-order valence-electron chi connectivity index (χ2n) is 5.71. The van der Waals surface area contributed by atoms with Crippen LogP contribution < -0.4 is 10.2 Å². The van der Waals surface area contributed by atoms with Crippen LogP contribution in [0.25, 0.3) is 0 Å². The summed E-state index contributed by atoms with van der Waals surface area (Å²) in [7, 11) is 0. The second kappa shape index (κ2) is 5.51. The van der Waals surface area contributed by atoms with E-state index in [9.17, 15) is 0 Å². The van der Waals surface area contributed by atoms with Crippen LogP contribution in [0.5, 0.6) is 0 Å². The third-order valence-corrected chi connectivity index (χ3v) is 5.04. The van der Waals surface area contributed by atoms with Gasteiger partial charge in [0, 0.05) is 37.1 Å². The van der Waals surface area contributed by atoms with Crippen molar-refractivity contribution in [2.45, 2.75) is 0 Å². The third-order valence-electron chi connectivity index (χ3n) is 4.29. The highest BCUT2D eigenvalue weighted by Crippen LogP contribution is 2.30. The van der Waals surface area contributed by atoms with Crippen molar-refractivity contribution in [3.8, 4) is 11.8 Å². The van der Waals surface area contributed by atoms with E-state index < -0.39 is 0 Å². The number of benzene rings is 1. The molecule has 2 aliphatic rings. The van der Waals surface area contributed by atoms with Gasteiger partial charge in [-0.05, 0) is 29.9 Å². The van der Waals surface area contributed by atoms with Crippen LogP contribution >= 0.6 is 11.3 Å². The van der Waals surface area contributed by atoms with Crippen LogP contribution in [0, 0.1) is 23.7 Å². The molecule has 2 aromatic rings. The average Bonchev–Trinajstić information content (AvgIpc) is 3.21. The summed E-state index contributed by atoms with van der Waals surface area (Å²) in [4.78, 5) is 7.10. The largest absolute Gasteiger partial charge is 0.355 e. The molecule has 2 saturated heterocycles. The van der Waals surface area contributed by atoms with Gasteiger partial charge in [0.2, 0.25) is 0 Å². The number of nitrogens with zero attached hydrogens (tertiary/aromatic N) is 2. The maximum Gasteiger partial charge on any atom is 0.169 e. The molecule has 4 rings (SSSR count). The van der Waals surface area contributed by atoms with Gasteiger partial charge in [0.15, 0.2) is 5.01 Å². The van der Waals surface area contributed by atoms with Crippen molar-refractivity contribution in [1.82, 2.24) is 10.3 Å². The maximum absolute atomic E-state index is 4.69. The first-order valence-electron chi connectivity index (χ1n) is 7.37. The summed E-state index contributed by atoms with van der Waals surface area (Å²) in [5.41, 5.74) is 1.04. The lowest BCUT2D eigenvalue weighted by molar-refractivity contribution is 0.533. The number of aromatic nitrogens is 1. The molecule has 3 heterocycles. The summed E-state index contributed by atoms with van der Waals surface area (Å²) in [6.07, 6.45) is 0. The van der Waals surface area contributed by atoms with Crippen LogP contribution in [0.15, 0.2) is 35.7 Å². The number of rotatable bonds is 1. The molecule has 2 atom stereocenters. The summed E-state index contributed by atoms with van der Waals surface area (Å²) in [6.45, 7) is 4.58. The van der Waals surface area contributed by atoms with Gasteiger partial charge in [-0.25, -0.2) is 4.98 Å². The second-order valence-corrected chi connectivity index (χ2v) is 6.57. The molecule has 21 heavy (non-hydrogen) atoms. The Bertz CT molecular complexity index is 671. The molecule has 1 aromatic carbocycles. The first-order chi connectivity index (χ1) is 10.4. The molecule has 106 valence electrons. The molecule has 0 saturated carbocycles. The van der Waals surface area contributed by atoms with E-state index in [2.05, 4.69) is 32.4 Å². The van der Waals surface area contributed by atoms with Gasteiger partial charge in [-0.2, -0.15) is 0 Å². The fraction of sp³-hybridized carbons (Fsp3) is 0.353. The molecule has 0 bridgehead atoms. The highest BCUT2D eigenvalue weighted by Gasteiger charge is 2.36. The monoisotopic (exact) mass is 295 g/mol. The maximum atomic E-state index is 4.69. The van der Waals surface area contributed by atoms with Crippen molar-refractivity contribution >= 4 is 17.2 Å². The molecule has 0 aliphatic carbocycles. The van der Waals surface area contributed by atoms with E-state index in [0.29, 0.717) is 0 Å². The highest BCUT2D eigenvalue weighted by atomic mass is 32.1. The summed E-state index contributed by atoms with van der Waals surface area (Å²) in [6, 6.07) is 10.1. The van der Waals surface area contributed by atoms with E-state index in [4.69, 9.17) is 0 Å². The van der Waals surface area contributed by atoms with E-state index in [1.807, 2.05) is 30.3 Å². The third kappa shape index (κ3) is 2.67. The van der Waals surface area contributed by atoms with Crippen LogP contribution in [0.2, 0.25) is 0 Å². The Morgan fingerprint density at radius 3 is 2.62 bits per heavy atom. The van der Waals surface area contributed by atoms with E-state index >= 15 is 0 Å². The standard InChI is InChI=1S/C17H17N3S/c1-2-4-13(5-3-1)6-7-17-19-16(12-21-17)20-10-14-8-18-9-15(14)11-20/h1-5,12,14-15,18H,8-11H2. The van der Waals surface area contributed by atoms with Gasteiger partial charge in [-0.3, -0.25) is 0 Å². The SMILES string of the molecule is C(#Cc1nc(N2CC3CNCC3C2)cs1)c1ccccc1. The molecule has 2 aliphatic heterocycles. The number of anilines is 1. The first kappa shape index (κ1) is 12.9. The van der Waals surface area contributed by atoms with Crippen molar-refractivity contribution in [3.05, 3.63) is 46.3 Å². The van der Waals surface area contributed by atoms with Gasteiger partial charge in [-0.1, -0.05) is 24.1 Å². The molecular weight excluding hydrogens is 278 g/mol. The minimum Gasteiger partial charge on any atom is -0.355 e. The van der Waals surface area contributed by atoms with Crippen molar-refractivity contribution in [3.63, 3.8) is 0 Å². The van der Waals surface area contributed by atoms with E-state index in [1.54, 1.807) is 11.3 Å². The highest BCUT2D eigenvalue weighted by molar-refractivity contribution is 7.10. The van der Waals surface area contributed by atoms with Crippen molar-refractivity contribution < 1.29 is 0 Å². The minimum atomic E-state index is 0.797. The number of nitrogens with one attached hydrogen (secondary N) is 1. The fourth-order valence-electron chi connectivity index (χ4n) is 3.16. The molecule has 2 unspecified atom stereocenters. The smallest absolute Gasteiger partial charge is 0.169 e. The summed E-state index contributed by atoms with van der Waals surface area (Å²) in [5.74, 6) is 9.04. The zero-order valence-corrected chi connectivity index (χ0v) is 12.6. The number of hydrogen-bond donors (Lipinski definition) is 1. The molecule has 1 N–H and O–H groups in total. The van der Waals surface area contributed by atoms with Crippen LogP contribution in [-0.2, 0) is 0 Å². The minimum absolute atomic E-state index is 0.797. The Kier molecular flexibility index (Phi) is 3.38. The van der Waals surface area contributed by atoms with Gasteiger partial charge in [0.25, 0.3) is 0 Å². The molecule has 0 radical (unpaired) electrons. The van der Waals surface area contributed by atoms with Crippen molar-refractivity contribution in [2.24, 2.45) is 11.8 Å². The average molecular weight is 295 g/mol. The van der Waals surface area contributed by atoms with Crippen molar-refractivity contribution in [1.29, 1.82) is 0 Å². The Morgan fingerprint density at radius 1 is 1.10 bits per heavy atom. The molecule has 0 amide bonds. The molecule has 3 nitrogen and oxygen atoms in total. The number of fused-ring (bicyclic) bond motifs is 1. The van der Waals surface area contributed by atoms with Crippen LogP contribution in [0.4, 0.5) is 5.82 Å². The van der Waals surface area contributed by atoms with Crippen LogP contribution in [0.3, 0.4) is 0 Å². The quantitative estimate of drug-likeness (QED) is 0.818. The lowest BCUT2D eigenvalue weighted by Gasteiger charge is -2.15. The Labute approximate surface area is 129 Å². The van der Waals surface area contributed by atoms with Gasteiger partial charge < -0.3 is 10.2 Å². The van der Waals surface area contributed by atoms with Gasteiger partial charge in [-0.15, -0.1) is 11.3 Å². The zero-order chi connectivity index (χ0) is 14.1. The first-order valence-corrected chi connectivity index (χ1v) is 8.25. The number of hydrogen-bond acceptors (Lipinski definition) is 4. The van der Waals surface area contributed by atoms with Crippen LogP contribution in [-0.4, -0.2) is 31.2 Å². The van der Waals surface area contributed by atoms with E-state index in [1.165, 1.54) is 0 Å². The predicted molar refractivity (Wildman–Crippen MR) is 86.6 cm³/mol. The molecule has 4 heteroatoms. The lowest BCUT2D eigenvalue weighted by atomic mass is 10.0. The normalized spacial score (nSPS) is 23.7. The van der Waals surface area contributed by atoms with E-state index in [0.717, 1.165) is 54.4 Å². The topological polar surface area (TPSA) is 28.2 Å². The Hall–Kier alpha value is -1.83. The predicted octanol–water partition coefficient (Wildman–Crippen LogP) is 2.20. The van der Waals surface area contributed by atoms with Gasteiger partial charge in [0.05, 0.1) is 0 Å². The van der Waals surface area contributed by atoms with Gasteiger partial charge >= 0.3 is 0 Å². The molecule has 2 fully saturated rings. The molecule has 0 spiro atoms. The summed E-state index contributed by atoms with van der Waals surface area (Å²) >= 11 is 1.64. The molecule has 1 aromatic heterocycles. The molecular formula is C17H17N3S. The summed E-state index contributed by atoms with van der Waals surface area (Å²) < 4.78 is 0. The Balaban J connectivity index is 1.48. The lowest BCUT2D eigenvalue weighted by Crippen LogP contribution is -2.25. The fourth-order valence-corrected chi connectivity index (χ4v) is 3.83.